The maximum absolute atomic E-state index is 13.9. The molecule has 1 saturated heterocycles. The van der Waals surface area contributed by atoms with Crippen molar-refractivity contribution in [1.82, 2.24) is 0 Å². The van der Waals surface area contributed by atoms with Crippen LogP contribution in [0.25, 0.3) is 0 Å². The first kappa shape index (κ1) is 25.3. The van der Waals surface area contributed by atoms with Gasteiger partial charge >= 0.3 is 6.18 Å². The lowest BCUT2D eigenvalue weighted by molar-refractivity contribution is -0.137. The topological polar surface area (TPSA) is 80.0 Å². The molecule has 7 nitrogen and oxygen atoms in total. The number of fused-ring (bicyclic) bond motifs is 1. The first-order chi connectivity index (χ1) is 17.6. The number of likely N-dealkylation sites (N-methyl/N-ethyl adjacent to an activating group) is 1. The van der Waals surface area contributed by atoms with Crippen molar-refractivity contribution in [1.29, 1.82) is 5.26 Å². The van der Waals surface area contributed by atoms with E-state index in [1.54, 1.807) is 23.1 Å². The van der Waals surface area contributed by atoms with Crippen LogP contribution < -0.4 is 19.4 Å². The third-order valence-electron chi connectivity index (χ3n) is 7.37. The predicted molar refractivity (Wildman–Crippen MR) is 136 cm³/mol. The lowest BCUT2D eigenvalue weighted by Gasteiger charge is -2.37. The Morgan fingerprint density at radius 3 is 2.51 bits per heavy atom. The molecule has 3 aliphatic rings. The Morgan fingerprint density at radius 1 is 1.19 bits per heavy atom. The van der Waals surface area contributed by atoms with Crippen LogP contribution in [0.3, 0.4) is 0 Å². The number of hydrogen-bond acceptors (Lipinski definition) is 6. The van der Waals surface area contributed by atoms with E-state index in [9.17, 15) is 28.3 Å². The zero-order chi connectivity index (χ0) is 26.5. The monoisotopic (exact) mass is 530 g/mol. The summed E-state index contributed by atoms with van der Waals surface area (Å²) < 4.78 is 47.0. The van der Waals surface area contributed by atoms with Crippen LogP contribution in [-0.2, 0) is 11.0 Å². The van der Waals surface area contributed by atoms with Gasteiger partial charge in [-0.05, 0) is 68.4 Å². The number of rotatable bonds is 4. The molecule has 2 aliphatic heterocycles. The van der Waals surface area contributed by atoms with Gasteiger partial charge in [0.1, 0.15) is 17.4 Å². The SMILES string of the molecule is CCN1CC(CO)Oc2ccc(N3C(=S)N(c4ccc(C#N)c(C(F)(F)F)c4)C(=O)C34CCCC4)cc21. The Hall–Kier alpha value is -3.36. The van der Waals surface area contributed by atoms with Crippen molar-refractivity contribution < 1.29 is 27.8 Å². The molecular formula is C26H25F3N4O3S. The highest BCUT2D eigenvalue weighted by atomic mass is 32.1. The largest absolute Gasteiger partial charge is 0.484 e. The molecule has 37 heavy (non-hydrogen) atoms. The average molecular weight is 531 g/mol. The fraction of sp³-hybridized carbons (Fsp3) is 0.423. The van der Waals surface area contributed by atoms with Crippen LogP contribution in [0.4, 0.5) is 30.2 Å². The van der Waals surface area contributed by atoms with E-state index in [2.05, 4.69) is 4.90 Å². The van der Waals surface area contributed by atoms with Gasteiger partial charge in [0.05, 0.1) is 41.7 Å². The second-order valence-corrected chi connectivity index (χ2v) is 9.81. The first-order valence-corrected chi connectivity index (χ1v) is 12.5. The van der Waals surface area contributed by atoms with Crippen LogP contribution in [0.2, 0.25) is 0 Å². The number of aliphatic hydroxyl groups excluding tert-OH is 1. The molecule has 1 spiro atoms. The first-order valence-electron chi connectivity index (χ1n) is 12.1. The molecule has 194 valence electrons. The van der Waals surface area contributed by atoms with E-state index < -0.39 is 22.8 Å². The summed E-state index contributed by atoms with van der Waals surface area (Å²) in [4.78, 5) is 18.9. The Labute approximate surface area is 217 Å². The van der Waals surface area contributed by atoms with Crippen LogP contribution >= 0.6 is 12.2 Å². The number of amides is 1. The van der Waals surface area contributed by atoms with Gasteiger partial charge in [0, 0.05) is 12.2 Å². The summed E-state index contributed by atoms with van der Waals surface area (Å²) in [5, 5.41) is 18.9. The van der Waals surface area contributed by atoms with E-state index >= 15 is 0 Å². The Balaban J connectivity index is 1.60. The van der Waals surface area contributed by atoms with Crippen LogP contribution in [0.5, 0.6) is 5.75 Å². The van der Waals surface area contributed by atoms with Gasteiger partial charge < -0.3 is 19.6 Å². The third kappa shape index (κ3) is 3.99. The minimum Gasteiger partial charge on any atom is -0.484 e. The van der Waals surface area contributed by atoms with E-state index in [1.165, 1.54) is 11.0 Å². The lowest BCUT2D eigenvalue weighted by Crippen LogP contribution is -2.48. The number of benzene rings is 2. The molecule has 5 rings (SSSR count). The molecule has 11 heteroatoms. The number of carbonyl (C=O) groups excluding carboxylic acids is 1. The molecule has 1 saturated carbocycles. The standard InChI is InChI=1S/C26H25F3N4O3S/c1-2-31-14-19(15-34)36-22-8-7-18(12-21(22)31)33-24(37)32(23(35)25(33)9-3-4-10-25)17-6-5-16(13-30)20(11-17)26(27,28)29/h5-8,11-12,19,34H,2-4,9-10,14-15H2,1H3. The van der Waals surface area contributed by atoms with Crippen molar-refractivity contribution in [2.45, 2.75) is 50.4 Å². The number of hydrogen-bond donors (Lipinski definition) is 1. The van der Waals surface area contributed by atoms with E-state index in [-0.39, 0.29) is 29.4 Å². The average Bonchev–Trinajstić information content (AvgIpc) is 3.45. The molecule has 2 aromatic carbocycles. The highest BCUT2D eigenvalue weighted by Gasteiger charge is 2.57. The molecule has 0 radical (unpaired) electrons. The van der Waals surface area contributed by atoms with Gasteiger partial charge in [0.15, 0.2) is 5.11 Å². The maximum Gasteiger partial charge on any atom is 0.417 e. The van der Waals surface area contributed by atoms with E-state index in [4.69, 9.17) is 17.0 Å². The van der Waals surface area contributed by atoms with Crippen molar-refractivity contribution in [3.05, 3.63) is 47.5 Å². The van der Waals surface area contributed by atoms with E-state index in [0.717, 1.165) is 30.7 Å². The fourth-order valence-corrected chi connectivity index (χ4v) is 6.08. The van der Waals surface area contributed by atoms with Gasteiger partial charge in [0.25, 0.3) is 5.91 Å². The van der Waals surface area contributed by atoms with Gasteiger partial charge in [-0.25, -0.2) is 0 Å². The van der Waals surface area contributed by atoms with Crippen molar-refractivity contribution in [2.24, 2.45) is 0 Å². The molecule has 1 amide bonds. The van der Waals surface area contributed by atoms with Crippen molar-refractivity contribution in [3.63, 3.8) is 0 Å². The third-order valence-corrected chi connectivity index (χ3v) is 7.74. The van der Waals surface area contributed by atoms with Crippen LogP contribution in [0.15, 0.2) is 36.4 Å². The van der Waals surface area contributed by atoms with Crippen molar-refractivity contribution >= 4 is 40.3 Å². The van der Waals surface area contributed by atoms with Crippen LogP contribution in [-0.4, -0.2) is 47.5 Å². The molecule has 1 unspecified atom stereocenters. The number of aliphatic hydroxyl groups is 1. The smallest absolute Gasteiger partial charge is 0.417 e. The quantitative estimate of drug-likeness (QED) is 0.579. The normalized spacial score (nSPS) is 20.9. The van der Waals surface area contributed by atoms with Gasteiger partial charge in [-0.2, -0.15) is 18.4 Å². The summed E-state index contributed by atoms with van der Waals surface area (Å²) in [6.07, 6.45) is -2.51. The zero-order valence-corrected chi connectivity index (χ0v) is 20.9. The summed E-state index contributed by atoms with van der Waals surface area (Å²) in [5.74, 6) is 0.237. The molecule has 2 heterocycles. The minimum absolute atomic E-state index is 0.0163. The number of nitrogens with zero attached hydrogens (tertiary/aromatic N) is 4. The number of thiocarbonyl (C=S) groups is 1. The van der Waals surface area contributed by atoms with Gasteiger partial charge in [0.2, 0.25) is 0 Å². The van der Waals surface area contributed by atoms with Gasteiger partial charge in [-0.3, -0.25) is 9.69 Å². The number of carbonyl (C=O) groups is 1. The highest BCUT2D eigenvalue weighted by Crippen LogP contribution is 2.48. The van der Waals surface area contributed by atoms with Crippen LogP contribution in [0, 0.1) is 11.3 Å². The number of alkyl halides is 3. The Kier molecular flexibility index (Phi) is 6.28. The molecule has 1 N–H and O–H groups in total. The summed E-state index contributed by atoms with van der Waals surface area (Å²) in [6.45, 7) is 3.03. The summed E-state index contributed by atoms with van der Waals surface area (Å²) in [6, 6.07) is 10.2. The molecule has 2 fully saturated rings. The van der Waals surface area contributed by atoms with E-state index in [1.807, 2.05) is 13.0 Å². The Morgan fingerprint density at radius 2 is 1.89 bits per heavy atom. The van der Waals surface area contributed by atoms with Crippen molar-refractivity contribution in [2.75, 3.05) is 34.4 Å². The summed E-state index contributed by atoms with van der Waals surface area (Å²) >= 11 is 5.77. The van der Waals surface area contributed by atoms with Gasteiger partial charge in [-0.15, -0.1) is 0 Å². The molecule has 0 aromatic heterocycles. The number of anilines is 3. The summed E-state index contributed by atoms with van der Waals surface area (Å²) in [5.41, 5.74) is -1.20. The number of ether oxygens (including phenoxy) is 1. The minimum atomic E-state index is -4.76. The highest BCUT2D eigenvalue weighted by molar-refractivity contribution is 7.81. The molecule has 1 atom stereocenters. The zero-order valence-electron chi connectivity index (χ0n) is 20.1. The molecule has 1 aliphatic carbocycles. The van der Waals surface area contributed by atoms with Gasteiger partial charge in [-0.1, -0.05) is 12.8 Å². The predicted octanol–water partition coefficient (Wildman–Crippen LogP) is 4.61. The second-order valence-electron chi connectivity index (χ2n) is 9.45. The molecular weight excluding hydrogens is 505 g/mol. The number of halogens is 3. The summed E-state index contributed by atoms with van der Waals surface area (Å²) in [7, 11) is 0. The van der Waals surface area contributed by atoms with Crippen molar-refractivity contribution in [3.8, 4) is 11.8 Å². The van der Waals surface area contributed by atoms with E-state index in [0.29, 0.717) is 37.4 Å². The molecule has 0 bridgehead atoms. The Bertz CT molecular complexity index is 1300. The lowest BCUT2D eigenvalue weighted by atomic mass is 9.94. The molecule has 2 aromatic rings. The fourth-order valence-electron chi connectivity index (χ4n) is 5.61. The second kappa shape index (κ2) is 9.19. The van der Waals surface area contributed by atoms with Crippen LogP contribution in [0.1, 0.15) is 43.7 Å². The maximum atomic E-state index is 13.9. The number of nitriles is 1.